The normalized spacial score (nSPS) is 9.14. The van der Waals surface area contributed by atoms with Gasteiger partial charge in [-0.05, 0) is 0 Å². The second-order valence-electron chi connectivity index (χ2n) is 5.90. The summed E-state index contributed by atoms with van der Waals surface area (Å²) < 4.78 is 50.0. The molecular formula is C18H27CrNO7Si. The van der Waals surface area contributed by atoms with Gasteiger partial charge in [0.1, 0.15) is 0 Å². The summed E-state index contributed by atoms with van der Waals surface area (Å²) in [5, 5.41) is 0. The third kappa shape index (κ3) is 29.5. The monoisotopic (exact) mass is 449 g/mol. The topological polar surface area (TPSA) is 121 Å². The van der Waals surface area contributed by atoms with Crippen LogP contribution in [0.15, 0.2) is 11.8 Å². The average molecular weight is 449 g/mol. The zero-order chi connectivity index (χ0) is 24.6. The SMILES string of the molecule is CCO[C](=[Cr])/C=C(\N(C)C)C(C)(C)O[Si](C)(C)C.[C-]#[O+].[C-]#[O+].[C-]#[O+].[C-]#[O+].[C-]#[O+]. The maximum atomic E-state index is 7.50. The Morgan fingerprint density at radius 3 is 1.46 bits per heavy atom. The quantitative estimate of drug-likeness (QED) is 0.337. The molecule has 0 saturated heterocycles. The van der Waals surface area contributed by atoms with Crippen LogP contribution in [0.3, 0.4) is 0 Å². The first kappa shape index (κ1) is 41.2. The summed E-state index contributed by atoms with van der Waals surface area (Å²) in [4.78, 5) is 2.08. The predicted molar refractivity (Wildman–Crippen MR) is 96.6 cm³/mol. The summed E-state index contributed by atoms with van der Waals surface area (Å²) in [6, 6.07) is 0. The van der Waals surface area contributed by atoms with E-state index in [0.717, 1.165) is 10.3 Å². The molecule has 10 heteroatoms. The van der Waals surface area contributed by atoms with E-state index in [0.29, 0.717) is 6.61 Å². The summed E-state index contributed by atoms with van der Waals surface area (Å²) in [5.74, 6) is 0. The van der Waals surface area contributed by atoms with Crippen molar-refractivity contribution in [1.82, 2.24) is 4.90 Å². The molecular weight excluding hydrogens is 422 g/mol. The van der Waals surface area contributed by atoms with Gasteiger partial charge >= 0.3 is 178 Å². The Hall–Kier alpha value is -1.22. The second-order valence-corrected chi connectivity index (χ2v) is 11.0. The zero-order valence-corrected chi connectivity index (χ0v) is 19.8. The van der Waals surface area contributed by atoms with Crippen molar-refractivity contribution in [2.45, 2.75) is 46.0 Å². The van der Waals surface area contributed by atoms with Crippen LogP contribution in [0.4, 0.5) is 0 Å². The van der Waals surface area contributed by atoms with Crippen LogP contribution < -0.4 is 0 Å². The maximum absolute atomic E-state index is 7.50. The first-order chi connectivity index (χ1) is 13.0. The van der Waals surface area contributed by atoms with Gasteiger partial charge in [0.25, 0.3) is 0 Å². The zero-order valence-electron chi connectivity index (χ0n) is 17.5. The van der Waals surface area contributed by atoms with E-state index in [2.05, 4.69) is 87.5 Å². The molecule has 0 fully saturated rings. The van der Waals surface area contributed by atoms with E-state index < -0.39 is 8.32 Å². The number of nitrogens with zero attached hydrogens (tertiary/aromatic N) is 1. The van der Waals surface area contributed by atoms with Crippen molar-refractivity contribution < 1.29 is 48.3 Å². The Labute approximate surface area is 177 Å². The third-order valence-electron chi connectivity index (χ3n) is 2.20. The van der Waals surface area contributed by atoms with Gasteiger partial charge in [-0.15, -0.1) is 0 Å². The molecule has 0 N–H and O–H groups in total. The molecule has 0 amide bonds. The Morgan fingerprint density at radius 2 is 1.25 bits per heavy atom. The minimum absolute atomic E-state index is 0.319. The molecule has 0 aliphatic rings. The van der Waals surface area contributed by atoms with Crippen LogP contribution in [0, 0.1) is 33.3 Å². The van der Waals surface area contributed by atoms with E-state index in [1.807, 2.05) is 27.1 Å². The van der Waals surface area contributed by atoms with E-state index >= 15 is 0 Å². The standard InChI is InChI=1S/C13H27NO2Si.5CO.Cr/c1-9-15-11-10-12(14(4)5)13(2,3)16-17(6,7)8;5*1-2;/h10H,9H2,1-8H3;;;;;;/b12-10-;;;;;;. The van der Waals surface area contributed by atoms with Gasteiger partial charge in [-0.3, -0.25) is 0 Å². The van der Waals surface area contributed by atoms with Gasteiger partial charge < -0.3 is 0 Å². The van der Waals surface area contributed by atoms with Crippen LogP contribution in [-0.2, 0) is 48.3 Å². The number of hydrogen-bond donors (Lipinski definition) is 0. The van der Waals surface area contributed by atoms with Gasteiger partial charge in [-0.1, -0.05) is 0 Å². The molecule has 0 heterocycles. The molecule has 0 atom stereocenters. The molecule has 0 unspecified atom stereocenters. The number of likely N-dealkylation sites (N-methyl/N-ethyl adjacent to an activating group) is 1. The molecule has 0 rings (SSSR count). The van der Waals surface area contributed by atoms with Crippen LogP contribution in [0.5, 0.6) is 0 Å². The van der Waals surface area contributed by atoms with Gasteiger partial charge in [0.2, 0.25) is 0 Å². The molecule has 0 bridgehead atoms. The molecule has 8 nitrogen and oxygen atoms in total. The van der Waals surface area contributed by atoms with Crippen molar-refractivity contribution in [2.75, 3.05) is 20.7 Å². The molecule has 28 heavy (non-hydrogen) atoms. The minimum atomic E-state index is -1.60. The fourth-order valence-corrected chi connectivity index (χ4v) is 3.95. The van der Waals surface area contributed by atoms with Gasteiger partial charge in [-0.2, -0.15) is 0 Å². The summed E-state index contributed by atoms with van der Waals surface area (Å²) in [6.07, 6.45) is 2.02. The van der Waals surface area contributed by atoms with Crippen LogP contribution >= 0.6 is 0 Å². The average Bonchev–Trinajstić information content (AvgIpc) is 2.66. The van der Waals surface area contributed by atoms with Crippen molar-refractivity contribution in [3.63, 3.8) is 0 Å². The fraction of sp³-hybridized carbons (Fsp3) is 0.556. The van der Waals surface area contributed by atoms with E-state index in [-0.39, 0.29) is 5.60 Å². The molecule has 0 aromatic carbocycles. The van der Waals surface area contributed by atoms with E-state index in [9.17, 15) is 0 Å². The van der Waals surface area contributed by atoms with Crippen molar-refractivity contribution in [2.24, 2.45) is 0 Å². The predicted octanol–water partition coefficient (Wildman–Crippen LogP) is 2.59. The van der Waals surface area contributed by atoms with Gasteiger partial charge in [0.15, 0.2) is 0 Å². The Balaban J connectivity index is -0.000000104. The van der Waals surface area contributed by atoms with Gasteiger partial charge in [0, 0.05) is 0 Å². The molecule has 0 aromatic rings. The van der Waals surface area contributed by atoms with Crippen LogP contribution in [-0.4, -0.2) is 44.1 Å². The molecule has 0 radical (unpaired) electrons. The first-order valence-corrected chi connectivity index (χ1v) is 11.3. The fourth-order valence-electron chi connectivity index (χ4n) is 1.95. The van der Waals surface area contributed by atoms with E-state index in [1.165, 1.54) is 0 Å². The van der Waals surface area contributed by atoms with Crippen LogP contribution in [0.2, 0.25) is 19.6 Å². The van der Waals surface area contributed by atoms with Crippen LogP contribution in [0.1, 0.15) is 20.8 Å². The molecule has 0 aliphatic carbocycles. The molecule has 0 saturated carbocycles. The molecule has 0 aliphatic heterocycles. The number of rotatable bonds is 7. The Bertz CT molecular complexity index is 478. The summed E-state index contributed by atoms with van der Waals surface area (Å²) in [5.41, 5.74) is 0.785. The summed E-state index contributed by atoms with van der Waals surface area (Å²) >= 11 is 2.95. The third-order valence-corrected chi connectivity index (χ3v) is 3.69. The number of ether oxygens (including phenoxy) is 1. The van der Waals surface area contributed by atoms with Crippen molar-refractivity contribution in [1.29, 1.82) is 0 Å². The van der Waals surface area contributed by atoms with E-state index in [4.69, 9.17) is 32.4 Å². The van der Waals surface area contributed by atoms with Gasteiger partial charge in [-0.25, -0.2) is 0 Å². The molecule has 156 valence electrons. The second kappa shape index (κ2) is 28.0. The summed E-state index contributed by atoms with van der Waals surface area (Å²) in [7, 11) is 2.46. The van der Waals surface area contributed by atoms with Gasteiger partial charge in [0.05, 0.1) is 0 Å². The van der Waals surface area contributed by atoms with Crippen molar-refractivity contribution in [3.8, 4) is 0 Å². The Morgan fingerprint density at radius 1 is 0.929 bits per heavy atom. The molecule has 0 aromatic heterocycles. The molecule has 0 spiro atoms. The van der Waals surface area contributed by atoms with Crippen molar-refractivity contribution in [3.05, 3.63) is 45.0 Å². The summed E-state index contributed by atoms with van der Waals surface area (Å²) in [6.45, 7) is 36.0. The van der Waals surface area contributed by atoms with Crippen molar-refractivity contribution >= 4 is 12.9 Å². The Kier molecular flexibility index (Phi) is 41.2. The number of hydrogen-bond acceptors (Lipinski definition) is 3. The first-order valence-electron chi connectivity index (χ1n) is 7.28. The van der Waals surface area contributed by atoms with Crippen LogP contribution in [0.25, 0.3) is 0 Å². The van der Waals surface area contributed by atoms with E-state index in [1.54, 1.807) is 0 Å².